The molecule has 1 N–H and O–H groups in total. The Kier molecular flexibility index (Phi) is 1.35. The van der Waals surface area contributed by atoms with Gasteiger partial charge in [-0.3, -0.25) is 0 Å². The van der Waals surface area contributed by atoms with Crippen LogP contribution in [0.25, 0.3) is 11.0 Å². The third-order valence-electron chi connectivity index (χ3n) is 2.67. The summed E-state index contributed by atoms with van der Waals surface area (Å²) in [5.41, 5.74) is 1.29. The molecule has 16 heavy (non-hydrogen) atoms. The van der Waals surface area contributed by atoms with Crippen LogP contribution in [-0.2, 0) is 13.6 Å². The van der Waals surface area contributed by atoms with Gasteiger partial charge in [0, 0.05) is 27.4 Å². The van der Waals surface area contributed by atoms with Crippen molar-refractivity contribution in [3.8, 4) is 5.75 Å². The number of phenols is 1. The lowest BCUT2D eigenvalue weighted by molar-refractivity contribution is 0.387. The number of fused-ring (bicyclic) bond motifs is 1. The molecule has 0 saturated carbocycles. The van der Waals surface area contributed by atoms with Crippen molar-refractivity contribution in [3.05, 3.63) is 23.5 Å². The number of benzene rings is 1. The van der Waals surface area contributed by atoms with E-state index in [1.165, 1.54) is 6.07 Å². The largest absolute Gasteiger partial charge is 0.508 e. The van der Waals surface area contributed by atoms with Gasteiger partial charge in [0.15, 0.2) is 0 Å². The lowest BCUT2D eigenvalue weighted by Gasteiger charge is -2.11. The van der Waals surface area contributed by atoms with Gasteiger partial charge in [-0.2, -0.15) is 0 Å². The van der Waals surface area contributed by atoms with Gasteiger partial charge in [0.1, 0.15) is 11.6 Å². The van der Waals surface area contributed by atoms with Crippen LogP contribution in [0.15, 0.2) is 12.1 Å². The Morgan fingerprint density at radius 2 is 2.25 bits per heavy atom. The highest BCUT2D eigenvalue weighted by Crippen LogP contribution is 2.27. The normalized spacial score (nSPS) is 18.7. The third kappa shape index (κ3) is 1.65. The molecule has 0 aliphatic heterocycles. The SMILES string of the molecule is [2H]C([2H])([2H])N(Cc1c(O)ccc2c1nc(C)n2C)C([2H])([2H])[2H]. The summed E-state index contributed by atoms with van der Waals surface area (Å²) < 4.78 is 46.3. The first-order valence-electron chi connectivity index (χ1n) is 7.84. The monoisotopic (exact) mass is 225 g/mol. The molecule has 2 aromatic rings. The van der Waals surface area contributed by atoms with Gasteiger partial charge < -0.3 is 14.6 Å². The van der Waals surface area contributed by atoms with E-state index >= 15 is 0 Å². The topological polar surface area (TPSA) is 41.3 Å². The molecule has 1 aromatic heterocycles. The van der Waals surface area contributed by atoms with E-state index in [0.717, 1.165) is 0 Å². The summed E-state index contributed by atoms with van der Waals surface area (Å²) in [7, 11) is 1.79. The zero-order chi connectivity index (χ0) is 16.9. The second kappa shape index (κ2) is 3.79. The third-order valence-corrected chi connectivity index (χ3v) is 2.67. The summed E-state index contributed by atoms with van der Waals surface area (Å²) in [6.45, 7) is -4.31. The number of aromatic hydroxyl groups is 1. The van der Waals surface area contributed by atoms with Gasteiger partial charge in [-0.25, -0.2) is 4.98 Å². The molecular formula is C12H17N3O. The summed E-state index contributed by atoms with van der Waals surface area (Å²) in [6.07, 6.45) is 0. The van der Waals surface area contributed by atoms with Crippen molar-refractivity contribution in [3.63, 3.8) is 0 Å². The maximum absolute atomic E-state index is 10.0. The Morgan fingerprint density at radius 3 is 2.94 bits per heavy atom. The van der Waals surface area contributed by atoms with E-state index in [1.54, 1.807) is 24.6 Å². The van der Waals surface area contributed by atoms with Gasteiger partial charge in [0.2, 0.25) is 0 Å². The Hall–Kier alpha value is -1.55. The lowest BCUT2D eigenvalue weighted by atomic mass is 10.1. The smallest absolute Gasteiger partial charge is 0.122 e. The molecule has 0 unspecified atom stereocenters. The zero-order valence-corrected chi connectivity index (χ0v) is 9.15. The Bertz CT molecular complexity index is 689. The molecule has 1 aromatic carbocycles. The number of aryl methyl sites for hydroxylation is 2. The first-order valence-corrected chi connectivity index (χ1v) is 4.84. The van der Waals surface area contributed by atoms with Gasteiger partial charge in [-0.05, 0) is 33.0 Å². The molecular weight excluding hydrogens is 202 g/mol. The van der Waals surface area contributed by atoms with E-state index in [-0.39, 0.29) is 11.3 Å². The molecule has 0 radical (unpaired) electrons. The van der Waals surface area contributed by atoms with Crippen LogP contribution in [0.1, 0.15) is 19.6 Å². The first kappa shape index (κ1) is 5.68. The molecule has 0 spiro atoms. The van der Waals surface area contributed by atoms with Gasteiger partial charge in [0.05, 0.1) is 11.0 Å². The van der Waals surface area contributed by atoms with Gasteiger partial charge in [-0.15, -0.1) is 0 Å². The van der Waals surface area contributed by atoms with Crippen LogP contribution in [0.5, 0.6) is 5.75 Å². The van der Waals surface area contributed by atoms with Crippen LogP contribution >= 0.6 is 0 Å². The summed E-state index contributed by atoms with van der Waals surface area (Å²) in [5.74, 6) is 0.500. The van der Waals surface area contributed by atoms with Crippen LogP contribution in [0.4, 0.5) is 0 Å². The maximum atomic E-state index is 10.0. The highest BCUT2D eigenvalue weighted by atomic mass is 16.3. The van der Waals surface area contributed by atoms with Crippen molar-refractivity contribution >= 4 is 11.0 Å². The second-order valence-corrected chi connectivity index (χ2v) is 3.74. The van der Waals surface area contributed by atoms with Gasteiger partial charge in [0.25, 0.3) is 0 Å². The minimum atomic E-state index is -2.82. The average molecular weight is 225 g/mol. The minimum absolute atomic E-state index is 0.177. The molecule has 86 valence electrons. The van der Waals surface area contributed by atoms with Crippen LogP contribution in [0.3, 0.4) is 0 Å². The predicted octanol–water partition coefficient (Wildman–Crippen LogP) is 1.65. The molecule has 4 heteroatoms. The van der Waals surface area contributed by atoms with Crippen molar-refractivity contribution in [2.45, 2.75) is 13.5 Å². The Labute approximate surface area is 104 Å². The molecule has 1 heterocycles. The van der Waals surface area contributed by atoms with Crippen LogP contribution in [0, 0.1) is 6.92 Å². The van der Waals surface area contributed by atoms with Gasteiger partial charge >= 0.3 is 0 Å². The van der Waals surface area contributed by atoms with Crippen molar-refractivity contribution in [1.82, 2.24) is 14.5 Å². The quantitative estimate of drug-likeness (QED) is 0.845. The van der Waals surface area contributed by atoms with E-state index in [1.807, 2.05) is 0 Å². The molecule has 0 aliphatic rings. The standard InChI is InChI=1S/C12H17N3O/c1-8-13-12-9(7-14(2)3)11(16)6-5-10(12)15(8)4/h5-6,16H,7H2,1-4H3/i2D3,3D3. The average Bonchev–Trinajstić information content (AvgIpc) is 2.61. The van der Waals surface area contributed by atoms with Crippen LogP contribution < -0.4 is 0 Å². The molecule has 0 amide bonds. The maximum Gasteiger partial charge on any atom is 0.122 e. The Balaban J connectivity index is 2.59. The number of phenolic OH excluding ortho intramolecular Hbond substituents is 1. The molecule has 0 aliphatic carbocycles. The predicted molar refractivity (Wildman–Crippen MR) is 64.5 cm³/mol. The molecule has 0 bridgehead atoms. The second-order valence-electron chi connectivity index (χ2n) is 3.74. The first-order chi connectivity index (χ1) is 9.93. The van der Waals surface area contributed by atoms with Crippen molar-refractivity contribution < 1.29 is 13.3 Å². The summed E-state index contributed by atoms with van der Waals surface area (Å²) >= 11 is 0. The summed E-state index contributed by atoms with van der Waals surface area (Å²) in [4.78, 5) is 4.70. The molecule has 0 atom stereocenters. The van der Waals surface area contributed by atoms with E-state index in [2.05, 4.69) is 4.98 Å². The van der Waals surface area contributed by atoms with Crippen LogP contribution in [-0.4, -0.2) is 33.5 Å². The number of imidazole rings is 1. The van der Waals surface area contributed by atoms with Crippen molar-refractivity contribution in [2.24, 2.45) is 7.05 Å². The fourth-order valence-electron chi connectivity index (χ4n) is 1.73. The van der Waals surface area contributed by atoms with E-state index in [0.29, 0.717) is 21.8 Å². The highest BCUT2D eigenvalue weighted by molar-refractivity contribution is 5.82. The lowest BCUT2D eigenvalue weighted by Crippen LogP contribution is -2.11. The van der Waals surface area contributed by atoms with E-state index in [4.69, 9.17) is 8.22 Å². The number of aromatic nitrogens is 2. The number of hydrogen-bond donors (Lipinski definition) is 1. The number of nitrogens with zero attached hydrogens (tertiary/aromatic N) is 3. The van der Waals surface area contributed by atoms with E-state index < -0.39 is 20.5 Å². The molecule has 2 rings (SSSR count). The fraction of sp³-hybridized carbons (Fsp3) is 0.417. The van der Waals surface area contributed by atoms with E-state index in [9.17, 15) is 5.11 Å². The van der Waals surface area contributed by atoms with Crippen molar-refractivity contribution in [2.75, 3.05) is 14.0 Å². The Morgan fingerprint density at radius 1 is 1.50 bits per heavy atom. The zero-order valence-electron chi connectivity index (χ0n) is 15.2. The molecule has 4 nitrogen and oxygen atoms in total. The molecule has 0 fully saturated rings. The minimum Gasteiger partial charge on any atom is -0.508 e. The van der Waals surface area contributed by atoms with Gasteiger partial charge in [-0.1, -0.05) is 0 Å². The number of hydrogen-bond acceptors (Lipinski definition) is 3. The van der Waals surface area contributed by atoms with Crippen molar-refractivity contribution in [1.29, 1.82) is 0 Å². The van der Waals surface area contributed by atoms with Crippen LogP contribution in [0.2, 0.25) is 0 Å². The fourth-order valence-corrected chi connectivity index (χ4v) is 1.73. The summed E-state index contributed by atoms with van der Waals surface area (Å²) in [5, 5.41) is 10.0. The summed E-state index contributed by atoms with van der Waals surface area (Å²) in [6, 6.07) is 3.07. The number of rotatable bonds is 2. The highest BCUT2D eigenvalue weighted by Gasteiger charge is 2.13. The molecule has 0 saturated heterocycles.